The number of rotatable bonds is 6. The van der Waals surface area contributed by atoms with Crippen molar-refractivity contribution in [2.45, 2.75) is 19.9 Å². The number of aromatic nitrogens is 1. The van der Waals surface area contributed by atoms with Gasteiger partial charge in [0.2, 0.25) is 5.91 Å². The van der Waals surface area contributed by atoms with Crippen molar-refractivity contribution in [1.29, 1.82) is 5.26 Å². The van der Waals surface area contributed by atoms with Gasteiger partial charge in [-0.15, -0.1) is 0 Å². The van der Waals surface area contributed by atoms with Gasteiger partial charge in [0, 0.05) is 28.4 Å². The Bertz CT molecular complexity index is 1100. The summed E-state index contributed by atoms with van der Waals surface area (Å²) in [5.74, 6) is -0.955. The predicted octanol–water partition coefficient (Wildman–Crippen LogP) is 3.23. The first kappa shape index (κ1) is 18.9. The van der Waals surface area contributed by atoms with Crippen LogP contribution in [0.2, 0.25) is 0 Å². The average molecular weight is 372 g/mol. The van der Waals surface area contributed by atoms with Crippen LogP contribution in [0.5, 0.6) is 0 Å². The number of anilines is 1. The largest absolute Gasteiger partial charge is 0.368 e. The van der Waals surface area contributed by atoms with Crippen molar-refractivity contribution in [3.8, 4) is 6.07 Å². The Morgan fingerprint density at radius 3 is 2.54 bits per heavy atom. The van der Waals surface area contributed by atoms with Crippen molar-refractivity contribution in [2.24, 2.45) is 5.73 Å². The van der Waals surface area contributed by atoms with Gasteiger partial charge in [0.15, 0.2) is 0 Å². The van der Waals surface area contributed by atoms with Gasteiger partial charge >= 0.3 is 0 Å². The summed E-state index contributed by atoms with van der Waals surface area (Å²) in [6.07, 6.45) is 4.15. The Labute approximate surface area is 162 Å². The molecule has 0 fully saturated rings. The number of benzene rings is 2. The summed E-state index contributed by atoms with van der Waals surface area (Å²) in [4.78, 5) is 23.9. The molecule has 0 aliphatic heterocycles. The van der Waals surface area contributed by atoms with E-state index in [1.807, 2.05) is 54.6 Å². The van der Waals surface area contributed by atoms with Crippen LogP contribution in [-0.2, 0) is 22.6 Å². The number of carbonyl (C=O) groups excluding carboxylic acids is 2. The van der Waals surface area contributed by atoms with Crippen LogP contribution in [0.3, 0.4) is 0 Å². The van der Waals surface area contributed by atoms with Crippen LogP contribution in [-0.4, -0.2) is 16.4 Å². The molecule has 0 radical (unpaired) electrons. The van der Waals surface area contributed by atoms with Gasteiger partial charge in [-0.25, -0.2) is 0 Å². The number of fused-ring (bicyclic) bond motifs is 1. The number of amides is 2. The third kappa shape index (κ3) is 4.10. The highest BCUT2D eigenvalue weighted by Crippen LogP contribution is 2.24. The zero-order chi connectivity index (χ0) is 20.1. The van der Waals surface area contributed by atoms with E-state index < -0.39 is 11.8 Å². The highest BCUT2D eigenvalue weighted by Gasteiger charge is 2.13. The van der Waals surface area contributed by atoms with Gasteiger partial charge in [-0.3, -0.25) is 9.59 Å². The topological polar surface area (TPSA) is 101 Å². The molecule has 2 aromatic carbocycles. The fourth-order valence-corrected chi connectivity index (χ4v) is 3.02. The van der Waals surface area contributed by atoms with E-state index in [1.54, 1.807) is 10.8 Å². The summed E-state index contributed by atoms with van der Waals surface area (Å²) in [7, 11) is 0. The van der Waals surface area contributed by atoms with Gasteiger partial charge in [0.05, 0.1) is 0 Å². The summed E-state index contributed by atoms with van der Waals surface area (Å²) in [5.41, 5.74) is 8.55. The Hall–Kier alpha value is -3.85. The lowest BCUT2D eigenvalue weighted by atomic mass is 10.1. The number of para-hydroxylation sites is 1. The van der Waals surface area contributed by atoms with Gasteiger partial charge in [-0.1, -0.05) is 37.3 Å². The molecule has 0 saturated carbocycles. The van der Waals surface area contributed by atoms with Crippen LogP contribution in [0.25, 0.3) is 17.0 Å². The standard InChI is InChI=1S/C22H20N4O2/c1-2-15-7-9-18(10-8-15)25-22(28)16(12-23)11-17-13-26(14-21(24)27)20-6-4-3-5-19(17)20/h3-11,13H,2,14H2,1H3,(H2,24,27)(H,25,28). The number of primary amides is 1. The lowest BCUT2D eigenvalue weighted by Crippen LogP contribution is -2.17. The van der Waals surface area contributed by atoms with Gasteiger partial charge < -0.3 is 15.6 Å². The third-order valence-corrected chi connectivity index (χ3v) is 4.43. The molecule has 0 aliphatic carbocycles. The van der Waals surface area contributed by atoms with Crippen LogP contribution in [0.1, 0.15) is 18.1 Å². The number of carbonyl (C=O) groups is 2. The maximum atomic E-state index is 12.5. The highest BCUT2D eigenvalue weighted by molar-refractivity contribution is 6.10. The molecule has 3 aromatic rings. The summed E-state index contributed by atoms with van der Waals surface area (Å²) in [5, 5.41) is 13.1. The molecule has 28 heavy (non-hydrogen) atoms. The van der Waals surface area contributed by atoms with Gasteiger partial charge in [0.1, 0.15) is 18.2 Å². The van der Waals surface area contributed by atoms with Crippen LogP contribution in [0.15, 0.2) is 60.3 Å². The first-order valence-electron chi connectivity index (χ1n) is 8.90. The zero-order valence-corrected chi connectivity index (χ0v) is 15.5. The lowest BCUT2D eigenvalue weighted by Gasteiger charge is -2.05. The van der Waals surface area contributed by atoms with E-state index in [1.165, 1.54) is 6.08 Å². The lowest BCUT2D eigenvalue weighted by molar-refractivity contribution is -0.118. The minimum atomic E-state index is -0.488. The number of hydrogen-bond donors (Lipinski definition) is 2. The molecule has 0 saturated heterocycles. The maximum absolute atomic E-state index is 12.5. The number of nitrogens with one attached hydrogen (secondary N) is 1. The number of nitriles is 1. The highest BCUT2D eigenvalue weighted by atomic mass is 16.2. The number of hydrogen-bond acceptors (Lipinski definition) is 3. The molecule has 0 spiro atoms. The second kappa shape index (κ2) is 8.23. The Balaban J connectivity index is 1.92. The summed E-state index contributed by atoms with van der Waals surface area (Å²) < 4.78 is 1.71. The minimum Gasteiger partial charge on any atom is -0.368 e. The fraction of sp³-hybridized carbons (Fsp3) is 0.136. The van der Waals surface area contributed by atoms with E-state index in [4.69, 9.17) is 5.73 Å². The molecule has 1 heterocycles. The molecule has 0 unspecified atom stereocenters. The number of nitrogens with two attached hydrogens (primary N) is 1. The molecule has 2 amide bonds. The van der Waals surface area contributed by atoms with Gasteiger partial charge in [-0.05, 0) is 36.3 Å². The maximum Gasteiger partial charge on any atom is 0.266 e. The second-order valence-electron chi connectivity index (χ2n) is 6.37. The first-order chi connectivity index (χ1) is 13.5. The molecule has 140 valence electrons. The first-order valence-corrected chi connectivity index (χ1v) is 8.90. The zero-order valence-electron chi connectivity index (χ0n) is 15.5. The van der Waals surface area contributed by atoms with Gasteiger partial charge in [0.25, 0.3) is 5.91 Å². The summed E-state index contributed by atoms with van der Waals surface area (Å²) >= 11 is 0. The van der Waals surface area contributed by atoms with Crippen molar-refractivity contribution < 1.29 is 9.59 Å². The fourth-order valence-electron chi connectivity index (χ4n) is 3.02. The molecule has 3 rings (SSSR count). The van der Waals surface area contributed by atoms with E-state index in [0.29, 0.717) is 11.3 Å². The SMILES string of the molecule is CCc1ccc(NC(=O)C(C#N)=Cc2cn(CC(N)=O)c3ccccc23)cc1. The van der Waals surface area contributed by atoms with E-state index in [9.17, 15) is 14.9 Å². The molecule has 1 aromatic heterocycles. The molecular formula is C22H20N4O2. The van der Waals surface area contributed by atoms with Crippen LogP contribution in [0.4, 0.5) is 5.69 Å². The van der Waals surface area contributed by atoms with E-state index in [2.05, 4.69) is 12.2 Å². The third-order valence-electron chi connectivity index (χ3n) is 4.43. The van der Waals surface area contributed by atoms with Crippen molar-refractivity contribution >= 4 is 34.5 Å². The molecule has 3 N–H and O–H groups in total. The van der Waals surface area contributed by atoms with Crippen LogP contribution in [0, 0.1) is 11.3 Å². The van der Waals surface area contributed by atoms with Crippen molar-refractivity contribution in [3.63, 3.8) is 0 Å². The molecule has 0 aliphatic rings. The van der Waals surface area contributed by atoms with E-state index in [0.717, 1.165) is 22.9 Å². The monoisotopic (exact) mass is 372 g/mol. The Kier molecular flexibility index (Phi) is 5.56. The van der Waals surface area contributed by atoms with Crippen molar-refractivity contribution in [2.75, 3.05) is 5.32 Å². The Morgan fingerprint density at radius 2 is 1.89 bits per heavy atom. The summed E-state index contributed by atoms with van der Waals surface area (Å²) in [6, 6.07) is 16.9. The molecular weight excluding hydrogens is 352 g/mol. The van der Waals surface area contributed by atoms with Crippen LogP contribution >= 0.6 is 0 Å². The number of nitrogens with zero attached hydrogens (tertiary/aromatic N) is 2. The summed E-state index contributed by atoms with van der Waals surface area (Å²) in [6.45, 7) is 2.07. The van der Waals surface area contributed by atoms with Gasteiger partial charge in [-0.2, -0.15) is 5.26 Å². The quantitative estimate of drug-likeness (QED) is 0.513. The van der Waals surface area contributed by atoms with Crippen LogP contribution < -0.4 is 11.1 Å². The Morgan fingerprint density at radius 1 is 1.18 bits per heavy atom. The molecule has 6 nitrogen and oxygen atoms in total. The van der Waals surface area contributed by atoms with E-state index in [-0.39, 0.29) is 12.1 Å². The van der Waals surface area contributed by atoms with Crippen molar-refractivity contribution in [1.82, 2.24) is 4.57 Å². The minimum absolute atomic E-state index is 0.0201. The molecule has 6 heteroatoms. The molecule has 0 atom stereocenters. The normalized spacial score (nSPS) is 11.2. The predicted molar refractivity (Wildman–Crippen MR) is 109 cm³/mol. The second-order valence-corrected chi connectivity index (χ2v) is 6.37. The number of aryl methyl sites for hydroxylation is 1. The van der Waals surface area contributed by atoms with E-state index >= 15 is 0 Å². The molecule has 0 bridgehead atoms. The van der Waals surface area contributed by atoms with Crippen molar-refractivity contribution in [3.05, 3.63) is 71.4 Å². The smallest absolute Gasteiger partial charge is 0.266 e. The average Bonchev–Trinajstić information content (AvgIpc) is 3.03.